The second kappa shape index (κ2) is 4.78. The highest BCUT2D eigenvalue weighted by Gasteiger charge is 2.17. The van der Waals surface area contributed by atoms with Gasteiger partial charge in [0.1, 0.15) is 0 Å². The Morgan fingerprint density at radius 3 is 2.76 bits per heavy atom. The molecule has 1 aromatic carbocycles. The molecule has 0 unspecified atom stereocenters. The van der Waals surface area contributed by atoms with E-state index < -0.39 is 5.97 Å². The van der Waals surface area contributed by atoms with Gasteiger partial charge in [-0.2, -0.15) is 0 Å². The first-order chi connectivity index (χ1) is 10.1. The van der Waals surface area contributed by atoms with Crippen LogP contribution in [0.15, 0.2) is 45.8 Å². The Bertz CT molecular complexity index is 872. The Morgan fingerprint density at radius 1 is 1.38 bits per heavy atom. The van der Waals surface area contributed by atoms with E-state index in [9.17, 15) is 9.59 Å². The number of imidazole rings is 1. The maximum absolute atomic E-state index is 11.9. The maximum Gasteiger partial charge on any atom is 0.358 e. The zero-order chi connectivity index (χ0) is 15.0. The molecule has 0 fully saturated rings. The Balaban J connectivity index is 2.20. The second-order valence-corrected chi connectivity index (χ2v) is 4.47. The van der Waals surface area contributed by atoms with Gasteiger partial charge in [0.05, 0.1) is 5.69 Å². The normalized spacial score (nSPS) is 10.7. The number of aromatic amines is 1. The lowest BCUT2D eigenvalue weighted by atomic mass is 10.1. The summed E-state index contributed by atoms with van der Waals surface area (Å²) < 4.78 is 6.56. The summed E-state index contributed by atoms with van der Waals surface area (Å²) in [4.78, 5) is 25.4. The minimum Gasteiger partial charge on any atom is -0.476 e. The van der Waals surface area contributed by atoms with E-state index in [0.29, 0.717) is 11.3 Å². The molecule has 0 aliphatic heterocycles. The van der Waals surface area contributed by atoms with E-state index >= 15 is 0 Å². The third-order valence-electron chi connectivity index (χ3n) is 3.10. The van der Waals surface area contributed by atoms with Crippen LogP contribution in [0.2, 0.25) is 0 Å². The summed E-state index contributed by atoms with van der Waals surface area (Å²) in [6.45, 7) is 1.79. The number of nitrogens with one attached hydrogen (secondary N) is 1. The number of aromatic nitrogens is 3. The number of carbonyl (C=O) groups is 1. The van der Waals surface area contributed by atoms with Crippen LogP contribution >= 0.6 is 0 Å². The molecule has 3 aromatic rings. The molecule has 106 valence electrons. The Kier molecular flexibility index (Phi) is 2.94. The lowest BCUT2D eigenvalue weighted by molar-refractivity contribution is 0.0686. The van der Waals surface area contributed by atoms with Gasteiger partial charge in [-0.05, 0) is 19.1 Å². The monoisotopic (exact) mass is 285 g/mol. The van der Waals surface area contributed by atoms with Gasteiger partial charge in [-0.25, -0.2) is 9.59 Å². The maximum atomic E-state index is 11.9. The largest absolute Gasteiger partial charge is 0.476 e. The average Bonchev–Trinajstić information content (AvgIpc) is 3.07. The van der Waals surface area contributed by atoms with Gasteiger partial charge in [0.15, 0.2) is 11.5 Å². The second-order valence-electron chi connectivity index (χ2n) is 4.47. The van der Waals surface area contributed by atoms with E-state index in [0.717, 1.165) is 5.69 Å². The first-order valence-electron chi connectivity index (χ1n) is 6.15. The molecule has 0 atom stereocenters. The summed E-state index contributed by atoms with van der Waals surface area (Å²) in [6.07, 6.45) is 1.60. The van der Waals surface area contributed by atoms with Gasteiger partial charge in [-0.15, -0.1) is 0 Å². The van der Waals surface area contributed by atoms with Crippen LogP contribution in [0, 0.1) is 6.92 Å². The van der Waals surface area contributed by atoms with Crippen molar-refractivity contribution < 1.29 is 14.4 Å². The smallest absolute Gasteiger partial charge is 0.358 e. The molecular weight excluding hydrogens is 274 g/mol. The number of carboxylic acids is 1. The third kappa shape index (κ3) is 2.14. The highest BCUT2D eigenvalue weighted by Crippen LogP contribution is 2.27. The van der Waals surface area contributed by atoms with Crippen molar-refractivity contribution in [3.05, 3.63) is 58.4 Å². The molecule has 0 aliphatic rings. The highest BCUT2D eigenvalue weighted by molar-refractivity contribution is 5.87. The van der Waals surface area contributed by atoms with Crippen molar-refractivity contribution in [2.75, 3.05) is 0 Å². The van der Waals surface area contributed by atoms with Crippen molar-refractivity contribution in [2.24, 2.45) is 0 Å². The van der Waals surface area contributed by atoms with Crippen LogP contribution in [0.4, 0.5) is 0 Å². The Morgan fingerprint density at radius 2 is 2.14 bits per heavy atom. The average molecular weight is 285 g/mol. The molecular formula is C14H11N3O4. The van der Waals surface area contributed by atoms with Crippen LogP contribution in [-0.2, 0) is 0 Å². The Labute approximate surface area is 118 Å². The zero-order valence-corrected chi connectivity index (χ0v) is 11.0. The van der Waals surface area contributed by atoms with E-state index in [4.69, 9.17) is 9.63 Å². The molecule has 7 heteroatoms. The van der Waals surface area contributed by atoms with E-state index in [-0.39, 0.29) is 17.1 Å². The van der Waals surface area contributed by atoms with Crippen LogP contribution in [-0.4, -0.2) is 25.8 Å². The quantitative estimate of drug-likeness (QED) is 0.764. The molecule has 0 spiro atoms. The fourth-order valence-corrected chi connectivity index (χ4v) is 2.13. The minimum atomic E-state index is -1.17. The van der Waals surface area contributed by atoms with Crippen molar-refractivity contribution in [3.63, 3.8) is 0 Å². The molecule has 0 radical (unpaired) electrons. The van der Waals surface area contributed by atoms with Crippen LogP contribution in [0.1, 0.15) is 16.2 Å². The van der Waals surface area contributed by atoms with E-state index in [1.165, 1.54) is 10.6 Å². The van der Waals surface area contributed by atoms with Crippen molar-refractivity contribution in [2.45, 2.75) is 6.92 Å². The number of aryl methyl sites for hydroxylation is 1. The van der Waals surface area contributed by atoms with Crippen LogP contribution < -0.4 is 5.69 Å². The van der Waals surface area contributed by atoms with Crippen LogP contribution in [0.5, 0.6) is 0 Å². The minimum absolute atomic E-state index is 0.182. The molecule has 0 bridgehead atoms. The molecule has 0 aliphatic carbocycles. The molecule has 0 saturated carbocycles. The van der Waals surface area contributed by atoms with Gasteiger partial charge >= 0.3 is 11.7 Å². The SMILES string of the molecule is Cc1c[nH]c(=O)n1-c1ccccc1-c1cc(C(=O)O)no1. The summed E-state index contributed by atoms with van der Waals surface area (Å²) in [5.74, 6) is -0.882. The topological polar surface area (TPSA) is 101 Å². The van der Waals surface area contributed by atoms with E-state index in [1.54, 1.807) is 37.4 Å². The molecule has 7 nitrogen and oxygen atoms in total. The number of nitrogens with zero attached hydrogens (tertiary/aromatic N) is 2. The molecule has 2 aromatic heterocycles. The molecule has 0 saturated heterocycles. The van der Waals surface area contributed by atoms with Crippen LogP contribution in [0.25, 0.3) is 17.0 Å². The molecule has 21 heavy (non-hydrogen) atoms. The standard InChI is InChI=1S/C14H11N3O4/c1-8-7-15-14(20)17(8)11-5-3-2-4-9(11)12-6-10(13(18)19)16-21-12/h2-7H,1H3,(H,15,20)(H,18,19). The van der Waals surface area contributed by atoms with Gasteiger partial charge in [0.2, 0.25) is 0 Å². The third-order valence-corrected chi connectivity index (χ3v) is 3.10. The summed E-state index contributed by atoms with van der Waals surface area (Å²) in [6, 6.07) is 8.37. The first kappa shape index (κ1) is 12.9. The molecule has 3 rings (SSSR count). The van der Waals surface area contributed by atoms with Gasteiger partial charge in [0, 0.05) is 23.5 Å². The van der Waals surface area contributed by atoms with Crippen LogP contribution in [0.3, 0.4) is 0 Å². The van der Waals surface area contributed by atoms with Crippen molar-refractivity contribution >= 4 is 5.97 Å². The summed E-state index contributed by atoms with van der Waals surface area (Å²) in [7, 11) is 0. The molecule has 2 heterocycles. The number of carboxylic acid groups (broad SMARTS) is 1. The summed E-state index contributed by atoms with van der Waals surface area (Å²) in [5.41, 5.74) is 1.44. The summed E-state index contributed by atoms with van der Waals surface area (Å²) in [5, 5.41) is 12.4. The predicted octanol–water partition coefficient (Wildman–Crippen LogP) is 1.83. The number of aromatic carboxylic acids is 1. The van der Waals surface area contributed by atoms with Gasteiger partial charge in [-0.1, -0.05) is 17.3 Å². The van der Waals surface area contributed by atoms with Gasteiger partial charge in [-0.3, -0.25) is 4.57 Å². The van der Waals surface area contributed by atoms with Gasteiger partial charge < -0.3 is 14.6 Å². The Hall–Kier alpha value is -3.09. The van der Waals surface area contributed by atoms with E-state index in [1.807, 2.05) is 0 Å². The zero-order valence-electron chi connectivity index (χ0n) is 11.0. The predicted molar refractivity (Wildman–Crippen MR) is 73.6 cm³/mol. The lowest BCUT2D eigenvalue weighted by Gasteiger charge is -2.08. The first-order valence-corrected chi connectivity index (χ1v) is 6.15. The number of hydrogen-bond donors (Lipinski definition) is 2. The molecule has 0 amide bonds. The number of benzene rings is 1. The number of hydrogen-bond acceptors (Lipinski definition) is 4. The summed E-state index contributed by atoms with van der Waals surface area (Å²) >= 11 is 0. The lowest BCUT2D eigenvalue weighted by Crippen LogP contribution is -2.16. The van der Waals surface area contributed by atoms with Crippen molar-refractivity contribution in [1.82, 2.24) is 14.7 Å². The number of rotatable bonds is 3. The highest BCUT2D eigenvalue weighted by atomic mass is 16.5. The van der Waals surface area contributed by atoms with E-state index in [2.05, 4.69) is 10.1 Å². The van der Waals surface area contributed by atoms with Gasteiger partial charge in [0.25, 0.3) is 0 Å². The number of H-pyrrole nitrogens is 1. The fourth-order valence-electron chi connectivity index (χ4n) is 2.13. The van der Waals surface area contributed by atoms with Crippen molar-refractivity contribution in [3.8, 4) is 17.0 Å². The fraction of sp³-hybridized carbons (Fsp3) is 0.0714. The van der Waals surface area contributed by atoms with Crippen molar-refractivity contribution in [1.29, 1.82) is 0 Å². The molecule has 2 N–H and O–H groups in total. The number of para-hydroxylation sites is 1.